The van der Waals surface area contributed by atoms with Gasteiger partial charge in [-0.1, -0.05) is 39.3 Å². The smallest absolute Gasteiger partial charge is 0.408 e. The van der Waals surface area contributed by atoms with Crippen molar-refractivity contribution in [2.75, 3.05) is 0 Å². The quantitative estimate of drug-likeness (QED) is 0.391. The van der Waals surface area contributed by atoms with E-state index in [2.05, 4.69) is 17.6 Å². The zero-order valence-electron chi connectivity index (χ0n) is 23.0. The number of aromatic hydroxyl groups is 1. The lowest BCUT2D eigenvalue weighted by molar-refractivity contribution is -0.148. The van der Waals surface area contributed by atoms with Gasteiger partial charge in [-0.3, -0.25) is 9.59 Å². The summed E-state index contributed by atoms with van der Waals surface area (Å²) in [6.45, 7) is 13.3. The Morgan fingerprint density at radius 1 is 1.14 bits per heavy atom. The molecule has 3 amide bonds. The van der Waals surface area contributed by atoms with E-state index in [1.165, 1.54) is 6.07 Å². The summed E-state index contributed by atoms with van der Waals surface area (Å²) in [5.41, 5.74) is -0.167. The topological polar surface area (TPSA) is 108 Å². The molecule has 3 N–H and O–H groups in total. The fourth-order valence-corrected chi connectivity index (χ4v) is 4.47. The van der Waals surface area contributed by atoms with Crippen LogP contribution in [-0.2, 0) is 14.3 Å². The molecule has 8 nitrogen and oxygen atoms in total. The van der Waals surface area contributed by atoms with Crippen LogP contribution >= 0.6 is 0 Å². The van der Waals surface area contributed by atoms with Crippen molar-refractivity contribution in [3.63, 3.8) is 0 Å². The number of hydrogen-bond acceptors (Lipinski definition) is 5. The van der Waals surface area contributed by atoms with Gasteiger partial charge in [-0.15, -0.1) is 0 Å². The van der Waals surface area contributed by atoms with Crippen molar-refractivity contribution in [2.24, 2.45) is 5.92 Å². The third kappa shape index (κ3) is 8.71. The summed E-state index contributed by atoms with van der Waals surface area (Å²) in [5.74, 6) is -0.457. The number of amides is 3. The van der Waals surface area contributed by atoms with Crippen LogP contribution in [0.4, 0.5) is 4.79 Å². The minimum absolute atomic E-state index is 0.0264. The number of nitrogens with one attached hydrogen (secondary N) is 2. The van der Waals surface area contributed by atoms with Gasteiger partial charge in [-0.2, -0.15) is 0 Å². The highest BCUT2D eigenvalue weighted by Gasteiger charge is 2.42. The van der Waals surface area contributed by atoms with E-state index < -0.39 is 23.8 Å². The van der Waals surface area contributed by atoms with Crippen molar-refractivity contribution in [2.45, 2.75) is 117 Å². The van der Waals surface area contributed by atoms with Gasteiger partial charge in [0.2, 0.25) is 11.8 Å². The van der Waals surface area contributed by atoms with E-state index >= 15 is 0 Å². The van der Waals surface area contributed by atoms with E-state index in [1.54, 1.807) is 43.9 Å². The molecule has 3 atom stereocenters. The summed E-state index contributed by atoms with van der Waals surface area (Å²) in [4.78, 5) is 42.1. The molecule has 0 aromatic heterocycles. The van der Waals surface area contributed by atoms with Gasteiger partial charge in [0.05, 0.1) is 0 Å². The molecular formula is C28H45N3O5. The molecule has 1 aromatic carbocycles. The van der Waals surface area contributed by atoms with Crippen molar-refractivity contribution in [1.29, 1.82) is 0 Å². The van der Waals surface area contributed by atoms with Gasteiger partial charge in [-0.25, -0.2) is 4.79 Å². The molecule has 0 heterocycles. The molecule has 3 unspecified atom stereocenters. The number of alkyl carbamates (subject to hydrolysis) is 1. The first-order valence-corrected chi connectivity index (χ1v) is 13.2. The number of carbonyl (C=O) groups is 3. The highest BCUT2D eigenvalue weighted by Crippen LogP contribution is 2.35. The molecule has 0 aliphatic heterocycles. The van der Waals surface area contributed by atoms with Gasteiger partial charge >= 0.3 is 6.09 Å². The highest BCUT2D eigenvalue weighted by molar-refractivity contribution is 5.92. The largest absolute Gasteiger partial charge is 0.508 e. The lowest BCUT2D eigenvalue weighted by Gasteiger charge is -2.44. The lowest BCUT2D eigenvalue weighted by Crippen LogP contribution is -2.58. The van der Waals surface area contributed by atoms with E-state index in [9.17, 15) is 19.5 Å². The van der Waals surface area contributed by atoms with Crippen LogP contribution in [0, 0.1) is 5.92 Å². The van der Waals surface area contributed by atoms with Crippen LogP contribution in [0.1, 0.15) is 98.6 Å². The summed E-state index contributed by atoms with van der Waals surface area (Å²) in [7, 11) is 0. The maximum absolute atomic E-state index is 14.1. The molecule has 0 bridgehead atoms. The van der Waals surface area contributed by atoms with Crippen molar-refractivity contribution in [1.82, 2.24) is 15.5 Å². The Hall–Kier alpha value is -2.77. The van der Waals surface area contributed by atoms with E-state index in [1.807, 2.05) is 20.8 Å². The van der Waals surface area contributed by atoms with Gasteiger partial charge in [-0.05, 0) is 83.4 Å². The SMILES string of the molecule is CCCC(C)NC(=O)C(c1cccc(O)c1)N(C(=O)C(CC(C)C)NC(=O)OC(C)(C)C)C1CCC1. The zero-order chi connectivity index (χ0) is 27.0. The van der Waals surface area contributed by atoms with E-state index in [0.29, 0.717) is 12.0 Å². The van der Waals surface area contributed by atoms with E-state index in [-0.39, 0.29) is 35.6 Å². The molecule has 1 aliphatic carbocycles. The third-order valence-corrected chi connectivity index (χ3v) is 6.24. The minimum Gasteiger partial charge on any atom is -0.508 e. The van der Waals surface area contributed by atoms with Crippen LogP contribution in [0.15, 0.2) is 24.3 Å². The van der Waals surface area contributed by atoms with Gasteiger partial charge in [0.15, 0.2) is 0 Å². The molecule has 1 aromatic rings. The standard InChI is InChI=1S/C28H45N3O5/c1-8-11-19(4)29-25(33)24(20-12-9-15-22(32)17-20)31(21-13-10-14-21)26(34)23(16-18(2)3)30-27(35)36-28(5,6)7/h9,12,15,17-19,21,23-24,32H,8,10-11,13-14,16H2,1-7H3,(H,29,33)(H,30,35). The number of phenolic OH excluding ortho intramolecular Hbond substituents is 1. The van der Waals surface area contributed by atoms with Gasteiger partial charge in [0, 0.05) is 12.1 Å². The molecule has 1 fully saturated rings. The molecule has 36 heavy (non-hydrogen) atoms. The number of benzene rings is 1. The molecule has 1 saturated carbocycles. The number of ether oxygens (including phenoxy) is 1. The van der Waals surface area contributed by atoms with Crippen LogP contribution in [0.2, 0.25) is 0 Å². The summed E-state index contributed by atoms with van der Waals surface area (Å²) in [6.07, 6.45) is 3.99. The van der Waals surface area contributed by atoms with Crippen LogP contribution in [-0.4, -0.2) is 51.6 Å². The Morgan fingerprint density at radius 2 is 1.81 bits per heavy atom. The highest BCUT2D eigenvalue weighted by atomic mass is 16.6. The van der Waals surface area contributed by atoms with Crippen molar-refractivity contribution in [3.8, 4) is 5.75 Å². The fourth-order valence-electron chi connectivity index (χ4n) is 4.47. The number of nitrogens with zero attached hydrogens (tertiary/aromatic N) is 1. The third-order valence-electron chi connectivity index (χ3n) is 6.24. The minimum atomic E-state index is -0.927. The number of carbonyl (C=O) groups excluding carboxylic acids is 3. The summed E-state index contributed by atoms with van der Waals surface area (Å²) in [5, 5.41) is 16.0. The van der Waals surface area contributed by atoms with Crippen molar-refractivity contribution >= 4 is 17.9 Å². The summed E-state index contributed by atoms with van der Waals surface area (Å²) in [6, 6.07) is 4.54. The first-order valence-electron chi connectivity index (χ1n) is 13.2. The van der Waals surface area contributed by atoms with Crippen LogP contribution < -0.4 is 10.6 Å². The molecule has 8 heteroatoms. The van der Waals surface area contributed by atoms with Gasteiger partial charge in [0.1, 0.15) is 23.4 Å². The number of hydrogen-bond donors (Lipinski definition) is 3. The Kier molecular flexibility index (Phi) is 10.6. The fraction of sp³-hybridized carbons (Fsp3) is 0.679. The van der Waals surface area contributed by atoms with E-state index in [4.69, 9.17) is 4.74 Å². The second kappa shape index (κ2) is 13.0. The normalized spacial score (nSPS) is 16.4. The predicted octanol–water partition coefficient (Wildman–Crippen LogP) is 5.06. The summed E-state index contributed by atoms with van der Waals surface area (Å²) < 4.78 is 5.44. The average molecular weight is 504 g/mol. The van der Waals surface area contributed by atoms with E-state index in [0.717, 1.165) is 32.1 Å². The molecule has 0 spiro atoms. The van der Waals surface area contributed by atoms with Crippen molar-refractivity contribution in [3.05, 3.63) is 29.8 Å². The average Bonchev–Trinajstić information content (AvgIpc) is 2.69. The Labute approximate surface area is 216 Å². The Balaban J connectivity index is 2.48. The Bertz CT molecular complexity index is 891. The van der Waals surface area contributed by atoms with Crippen LogP contribution in [0.3, 0.4) is 0 Å². The molecule has 0 saturated heterocycles. The molecule has 2 rings (SSSR count). The molecular weight excluding hydrogens is 458 g/mol. The van der Waals surface area contributed by atoms with Crippen molar-refractivity contribution < 1.29 is 24.2 Å². The number of phenols is 1. The zero-order valence-corrected chi connectivity index (χ0v) is 23.0. The number of rotatable bonds is 11. The first-order chi connectivity index (χ1) is 16.8. The maximum atomic E-state index is 14.1. The molecule has 202 valence electrons. The van der Waals surface area contributed by atoms with Crippen LogP contribution in [0.5, 0.6) is 5.75 Å². The first kappa shape index (κ1) is 29.5. The lowest BCUT2D eigenvalue weighted by atomic mass is 9.87. The van der Waals surface area contributed by atoms with Crippen LogP contribution in [0.25, 0.3) is 0 Å². The monoisotopic (exact) mass is 503 g/mol. The predicted molar refractivity (Wildman–Crippen MR) is 140 cm³/mol. The van der Waals surface area contributed by atoms with Gasteiger partial charge < -0.3 is 25.4 Å². The maximum Gasteiger partial charge on any atom is 0.408 e. The molecule has 1 aliphatic rings. The summed E-state index contributed by atoms with van der Waals surface area (Å²) >= 11 is 0. The van der Waals surface area contributed by atoms with Gasteiger partial charge in [0.25, 0.3) is 0 Å². The molecule has 0 radical (unpaired) electrons. The Morgan fingerprint density at radius 3 is 2.31 bits per heavy atom. The second-order valence-corrected chi connectivity index (χ2v) is 11.4. The second-order valence-electron chi connectivity index (χ2n) is 11.4.